The Morgan fingerprint density at radius 3 is 2.25 bits per heavy atom. The molecule has 1 aromatic carbocycles. The molecule has 88 valence electrons. The summed E-state index contributed by atoms with van der Waals surface area (Å²) in [6, 6.07) is 6.96. The molecule has 1 rings (SSSR count). The number of nitro groups is 1. The third-order valence-electron chi connectivity index (χ3n) is 2.67. The summed E-state index contributed by atoms with van der Waals surface area (Å²) < 4.78 is 0. The van der Waals surface area contributed by atoms with Crippen LogP contribution in [0.1, 0.15) is 27.2 Å². The van der Waals surface area contributed by atoms with E-state index in [1.165, 1.54) is 12.1 Å². The van der Waals surface area contributed by atoms with Crippen molar-refractivity contribution in [2.45, 2.75) is 33.2 Å². The first-order valence-electron chi connectivity index (χ1n) is 5.55. The normalized spacial score (nSPS) is 12.5. The van der Waals surface area contributed by atoms with Gasteiger partial charge in [-0.1, -0.05) is 20.8 Å². The van der Waals surface area contributed by atoms with Crippen LogP contribution in [0, 0.1) is 16.0 Å². The Balaban J connectivity index is 2.71. The Hall–Kier alpha value is -1.58. The first kappa shape index (κ1) is 12.5. The van der Waals surface area contributed by atoms with E-state index < -0.39 is 0 Å². The Kier molecular flexibility index (Phi) is 4.28. The molecule has 16 heavy (non-hydrogen) atoms. The van der Waals surface area contributed by atoms with E-state index in [-0.39, 0.29) is 10.6 Å². The first-order valence-corrected chi connectivity index (χ1v) is 5.55. The van der Waals surface area contributed by atoms with Crippen molar-refractivity contribution in [2.75, 3.05) is 5.32 Å². The van der Waals surface area contributed by atoms with Gasteiger partial charge < -0.3 is 5.32 Å². The quantitative estimate of drug-likeness (QED) is 0.613. The lowest BCUT2D eigenvalue weighted by atomic mass is 10.0. The molecule has 0 amide bonds. The van der Waals surface area contributed by atoms with E-state index in [0.29, 0.717) is 12.0 Å². The summed E-state index contributed by atoms with van der Waals surface area (Å²) in [4.78, 5) is 10.1. The fourth-order valence-electron chi connectivity index (χ4n) is 1.63. The predicted octanol–water partition coefficient (Wildman–Crippen LogP) is 3.44. The molecule has 0 saturated heterocycles. The zero-order valence-corrected chi connectivity index (χ0v) is 9.93. The van der Waals surface area contributed by atoms with Gasteiger partial charge in [-0.25, -0.2) is 0 Å². The van der Waals surface area contributed by atoms with Gasteiger partial charge in [0.1, 0.15) is 0 Å². The van der Waals surface area contributed by atoms with Crippen LogP contribution in [0.5, 0.6) is 0 Å². The number of hydrogen-bond donors (Lipinski definition) is 1. The average molecular weight is 222 g/mol. The second kappa shape index (κ2) is 5.49. The second-order valence-electron chi connectivity index (χ2n) is 4.21. The molecule has 0 aromatic heterocycles. The molecular formula is C12H18N2O2. The van der Waals surface area contributed by atoms with Crippen molar-refractivity contribution in [3.63, 3.8) is 0 Å². The van der Waals surface area contributed by atoms with Crippen molar-refractivity contribution >= 4 is 11.4 Å². The summed E-state index contributed by atoms with van der Waals surface area (Å²) in [6.45, 7) is 6.45. The van der Waals surface area contributed by atoms with Crippen LogP contribution < -0.4 is 5.32 Å². The zero-order valence-electron chi connectivity index (χ0n) is 9.93. The van der Waals surface area contributed by atoms with E-state index in [9.17, 15) is 10.1 Å². The zero-order chi connectivity index (χ0) is 12.1. The predicted molar refractivity (Wildman–Crippen MR) is 65.6 cm³/mol. The third-order valence-corrected chi connectivity index (χ3v) is 2.67. The topological polar surface area (TPSA) is 55.2 Å². The lowest BCUT2D eigenvalue weighted by Gasteiger charge is -2.21. The van der Waals surface area contributed by atoms with Crippen molar-refractivity contribution < 1.29 is 4.92 Å². The van der Waals surface area contributed by atoms with Crippen molar-refractivity contribution in [3.05, 3.63) is 34.4 Å². The summed E-state index contributed by atoms with van der Waals surface area (Å²) in [7, 11) is 0. The van der Waals surface area contributed by atoms with Gasteiger partial charge in [-0.3, -0.25) is 10.1 Å². The van der Waals surface area contributed by atoms with Crippen LogP contribution in [0.25, 0.3) is 0 Å². The maximum Gasteiger partial charge on any atom is 0.269 e. The van der Waals surface area contributed by atoms with Crippen LogP contribution in [0.15, 0.2) is 24.3 Å². The fourth-order valence-corrected chi connectivity index (χ4v) is 1.63. The van der Waals surface area contributed by atoms with Gasteiger partial charge in [0, 0.05) is 23.9 Å². The highest BCUT2D eigenvalue weighted by Crippen LogP contribution is 2.18. The third kappa shape index (κ3) is 3.22. The Morgan fingerprint density at radius 1 is 1.31 bits per heavy atom. The number of hydrogen-bond acceptors (Lipinski definition) is 3. The molecule has 0 saturated carbocycles. The molecule has 0 aliphatic carbocycles. The van der Waals surface area contributed by atoms with Gasteiger partial charge in [0.25, 0.3) is 5.69 Å². The van der Waals surface area contributed by atoms with Crippen molar-refractivity contribution in [1.82, 2.24) is 0 Å². The van der Waals surface area contributed by atoms with E-state index in [1.54, 1.807) is 12.1 Å². The largest absolute Gasteiger partial charge is 0.382 e. The number of nitro benzene ring substituents is 1. The monoisotopic (exact) mass is 222 g/mol. The van der Waals surface area contributed by atoms with Gasteiger partial charge in [0.2, 0.25) is 0 Å². The summed E-state index contributed by atoms with van der Waals surface area (Å²) in [5, 5.41) is 13.9. The molecule has 4 nitrogen and oxygen atoms in total. The van der Waals surface area contributed by atoms with Gasteiger partial charge in [0.15, 0.2) is 0 Å². The van der Waals surface area contributed by atoms with Crippen LogP contribution >= 0.6 is 0 Å². The smallest absolute Gasteiger partial charge is 0.269 e. The first-order chi connectivity index (χ1) is 7.54. The average Bonchev–Trinajstić information content (AvgIpc) is 2.26. The minimum absolute atomic E-state index is 0.128. The van der Waals surface area contributed by atoms with Crippen molar-refractivity contribution in [2.24, 2.45) is 5.92 Å². The molecule has 0 fully saturated rings. The molecule has 0 aliphatic rings. The van der Waals surface area contributed by atoms with Crippen LogP contribution in [0.2, 0.25) is 0 Å². The van der Waals surface area contributed by atoms with Crippen LogP contribution in [0.3, 0.4) is 0 Å². The highest BCUT2D eigenvalue weighted by Gasteiger charge is 2.11. The van der Waals surface area contributed by atoms with Gasteiger partial charge in [-0.05, 0) is 24.5 Å². The van der Waals surface area contributed by atoms with E-state index in [4.69, 9.17) is 0 Å². The van der Waals surface area contributed by atoms with Crippen molar-refractivity contribution in [3.8, 4) is 0 Å². The van der Waals surface area contributed by atoms with Crippen LogP contribution in [0.4, 0.5) is 11.4 Å². The summed E-state index contributed by atoms with van der Waals surface area (Å²) in [5.74, 6) is 0.542. The molecular weight excluding hydrogens is 204 g/mol. The molecule has 4 heteroatoms. The van der Waals surface area contributed by atoms with E-state index in [1.807, 2.05) is 0 Å². The van der Waals surface area contributed by atoms with Gasteiger partial charge in [0.05, 0.1) is 4.92 Å². The molecule has 0 bridgehead atoms. The summed E-state index contributed by atoms with van der Waals surface area (Å²) >= 11 is 0. The summed E-state index contributed by atoms with van der Waals surface area (Å²) in [6.07, 6.45) is 1.04. The minimum atomic E-state index is -0.385. The number of benzene rings is 1. The van der Waals surface area contributed by atoms with E-state index in [0.717, 1.165) is 12.1 Å². The minimum Gasteiger partial charge on any atom is -0.382 e. The Morgan fingerprint density at radius 2 is 1.88 bits per heavy atom. The van der Waals surface area contributed by atoms with E-state index >= 15 is 0 Å². The summed E-state index contributed by atoms with van der Waals surface area (Å²) in [5.41, 5.74) is 1.06. The van der Waals surface area contributed by atoms with Crippen LogP contribution in [-0.4, -0.2) is 11.0 Å². The number of anilines is 1. The highest BCUT2D eigenvalue weighted by atomic mass is 16.6. The number of rotatable bonds is 5. The molecule has 0 radical (unpaired) electrons. The van der Waals surface area contributed by atoms with Crippen molar-refractivity contribution in [1.29, 1.82) is 0 Å². The lowest BCUT2D eigenvalue weighted by molar-refractivity contribution is -0.384. The number of nitrogens with zero attached hydrogens (tertiary/aromatic N) is 1. The fraction of sp³-hybridized carbons (Fsp3) is 0.500. The molecule has 1 aromatic rings. The van der Waals surface area contributed by atoms with Gasteiger partial charge >= 0.3 is 0 Å². The molecule has 0 heterocycles. The molecule has 0 aliphatic heterocycles. The SMILES string of the molecule is CCC(Nc1ccc([N+](=O)[O-])cc1)C(C)C. The number of nitrogens with one attached hydrogen (secondary N) is 1. The Labute approximate surface area is 95.8 Å². The molecule has 1 atom stereocenters. The second-order valence-corrected chi connectivity index (χ2v) is 4.21. The van der Waals surface area contributed by atoms with Gasteiger partial charge in [-0.15, -0.1) is 0 Å². The Bertz CT molecular complexity index is 347. The number of non-ortho nitro benzene ring substituents is 1. The maximum absolute atomic E-state index is 10.5. The van der Waals surface area contributed by atoms with E-state index in [2.05, 4.69) is 26.1 Å². The van der Waals surface area contributed by atoms with Gasteiger partial charge in [-0.2, -0.15) is 0 Å². The molecule has 1 N–H and O–H groups in total. The van der Waals surface area contributed by atoms with Crippen LogP contribution in [-0.2, 0) is 0 Å². The standard InChI is InChI=1S/C12H18N2O2/c1-4-12(9(2)3)13-10-5-7-11(8-6-10)14(15)16/h5-9,12-13H,4H2,1-3H3. The molecule has 1 unspecified atom stereocenters. The highest BCUT2D eigenvalue weighted by molar-refractivity contribution is 5.49. The molecule has 0 spiro atoms. The maximum atomic E-state index is 10.5. The lowest BCUT2D eigenvalue weighted by Crippen LogP contribution is -2.24.